The predicted molar refractivity (Wildman–Crippen MR) is 106 cm³/mol. The van der Waals surface area contributed by atoms with Crippen molar-refractivity contribution in [1.29, 1.82) is 5.26 Å². The summed E-state index contributed by atoms with van der Waals surface area (Å²) in [5, 5.41) is 11.8. The van der Waals surface area contributed by atoms with Crippen LogP contribution in [-0.4, -0.2) is 39.8 Å². The fourth-order valence-corrected chi connectivity index (χ4v) is 2.33. The first kappa shape index (κ1) is 21.3. The van der Waals surface area contributed by atoms with Crippen LogP contribution in [0.5, 0.6) is 17.2 Å². The molecule has 2 aromatic carbocycles. The molecule has 1 N–H and O–H groups in total. The van der Waals surface area contributed by atoms with E-state index in [0.717, 1.165) is 0 Å². The second-order valence-corrected chi connectivity index (χ2v) is 5.64. The molecule has 0 fully saturated rings. The molecule has 0 spiro atoms. The molecule has 0 unspecified atom stereocenters. The number of hydrogen-bond donors (Lipinski definition) is 1. The Kier molecular flexibility index (Phi) is 7.62. The summed E-state index contributed by atoms with van der Waals surface area (Å²) in [4.78, 5) is 24.2. The number of anilines is 1. The van der Waals surface area contributed by atoms with Crippen molar-refractivity contribution in [2.45, 2.75) is 0 Å². The Morgan fingerprint density at radius 1 is 1.03 bits per heavy atom. The number of methoxy groups -OCH3 is 3. The van der Waals surface area contributed by atoms with E-state index in [1.54, 1.807) is 48.5 Å². The van der Waals surface area contributed by atoms with Gasteiger partial charge in [0.1, 0.15) is 28.9 Å². The first-order valence-electron chi connectivity index (χ1n) is 8.45. The van der Waals surface area contributed by atoms with Crippen molar-refractivity contribution in [2.24, 2.45) is 0 Å². The number of ether oxygens (including phenoxy) is 4. The highest BCUT2D eigenvalue weighted by Gasteiger charge is 2.15. The monoisotopic (exact) mass is 396 g/mol. The summed E-state index contributed by atoms with van der Waals surface area (Å²) in [5.74, 6) is 0.0390. The first-order valence-corrected chi connectivity index (χ1v) is 8.45. The molecule has 0 aliphatic carbocycles. The molecule has 8 nitrogen and oxygen atoms in total. The van der Waals surface area contributed by atoms with Crippen molar-refractivity contribution < 1.29 is 28.5 Å². The Morgan fingerprint density at radius 2 is 1.76 bits per heavy atom. The number of rotatable bonds is 8. The highest BCUT2D eigenvalue weighted by Crippen LogP contribution is 2.28. The van der Waals surface area contributed by atoms with Gasteiger partial charge in [0, 0.05) is 6.07 Å². The third-order valence-electron chi connectivity index (χ3n) is 3.76. The number of nitriles is 1. The van der Waals surface area contributed by atoms with E-state index in [4.69, 9.17) is 18.9 Å². The summed E-state index contributed by atoms with van der Waals surface area (Å²) in [5.41, 5.74) is 0.736. The van der Waals surface area contributed by atoms with E-state index < -0.39 is 18.5 Å². The molecule has 2 aromatic rings. The Labute approximate surface area is 168 Å². The number of carbonyl (C=O) groups excluding carboxylic acids is 2. The fourth-order valence-electron chi connectivity index (χ4n) is 2.33. The van der Waals surface area contributed by atoms with Crippen molar-refractivity contribution in [3.8, 4) is 23.3 Å². The van der Waals surface area contributed by atoms with Gasteiger partial charge in [-0.3, -0.25) is 4.79 Å². The molecule has 0 aromatic heterocycles. The molecular weight excluding hydrogens is 376 g/mol. The SMILES string of the molecule is COc1cccc(/C=C(\C#N)C(=O)OCC(=O)Nc2ccc(OC)cc2OC)c1. The molecule has 0 bridgehead atoms. The Morgan fingerprint density at radius 3 is 2.41 bits per heavy atom. The minimum atomic E-state index is -0.910. The first-order chi connectivity index (χ1) is 14.0. The molecule has 1 amide bonds. The minimum Gasteiger partial charge on any atom is -0.497 e. The van der Waals surface area contributed by atoms with Crippen molar-refractivity contribution in [3.05, 3.63) is 53.6 Å². The lowest BCUT2D eigenvalue weighted by Gasteiger charge is -2.11. The standard InChI is InChI=1S/C21H20N2O6/c1-26-16-6-4-5-14(10-16)9-15(12-22)21(25)29-13-20(24)23-18-8-7-17(27-2)11-19(18)28-3/h4-11H,13H2,1-3H3,(H,23,24)/b15-9+. The average molecular weight is 396 g/mol. The van der Waals surface area contributed by atoms with Crippen LogP contribution in [0, 0.1) is 11.3 Å². The lowest BCUT2D eigenvalue weighted by atomic mass is 10.1. The van der Waals surface area contributed by atoms with Crippen LogP contribution in [0.4, 0.5) is 5.69 Å². The van der Waals surface area contributed by atoms with Crippen LogP contribution in [0.3, 0.4) is 0 Å². The minimum absolute atomic E-state index is 0.243. The van der Waals surface area contributed by atoms with Crippen LogP contribution in [0.25, 0.3) is 6.08 Å². The van der Waals surface area contributed by atoms with Crippen LogP contribution >= 0.6 is 0 Å². The molecule has 0 saturated carbocycles. The van der Waals surface area contributed by atoms with Gasteiger partial charge in [-0.1, -0.05) is 12.1 Å². The number of nitrogens with one attached hydrogen (secondary N) is 1. The molecule has 29 heavy (non-hydrogen) atoms. The van der Waals surface area contributed by atoms with Crippen molar-refractivity contribution in [3.63, 3.8) is 0 Å². The van der Waals surface area contributed by atoms with Gasteiger partial charge in [0.2, 0.25) is 0 Å². The van der Waals surface area contributed by atoms with E-state index in [1.807, 2.05) is 0 Å². The van der Waals surface area contributed by atoms with Crippen LogP contribution < -0.4 is 19.5 Å². The molecule has 0 saturated heterocycles. The van der Waals surface area contributed by atoms with Crippen molar-refractivity contribution in [1.82, 2.24) is 0 Å². The van der Waals surface area contributed by atoms with Gasteiger partial charge < -0.3 is 24.3 Å². The molecule has 0 aliphatic heterocycles. The van der Waals surface area contributed by atoms with E-state index in [2.05, 4.69) is 5.32 Å². The highest BCUT2D eigenvalue weighted by atomic mass is 16.5. The van der Waals surface area contributed by atoms with Gasteiger partial charge in [-0.05, 0) is 35.9 Å². The lowest BCUT2D eigenvalue weighted by Crippen LogP contribution is -2.21. The third-order valence-corrected chi connectivity index (χ3v) is 3.76. The number of esters is 1. The fraction of sp³-hybridized carbons (Fsp3) is 0.190. The van der Waals surface area contributed by atoms with E-state index in [-0.39, 0.29) is 5.57 Å². The number of benzene rings is 2. The molecule has 0 aliphatic rings. The van der Waals surface area contributed by atoms with Crippen LogP contribution in [0.1, 0.15) is 5.56 Å². The summed E-state index contributed by atoms with van der Waals surface area (Å²) >= 11 is 0. The predicted octanol–water partition coefficient (Wildman–Crippen LogP) is 2.80. The van der Waals surface area contributed by atoms with Crippen LogP contribution in [0.2, 0.25) is 0 Å². The molecule has 0 radical (unpaired) electrons. The van der Waals surface area contributed by atoms with Gasteiger partial charge in [-0.25, -0.2) is 4.79 Å². The molecular formula is C21H20N2O6. The zero-order chi connectivity index (χ0) is 21.2. The molecule has 0 heterocycles. The number of nitrogens with zero attached hydrogens (tertiary/aromatic N) is 1. The van der Waals surface area contributed by atoms with E-state index in [1.165, 1.54) is 27.4 Å². The van der Waals surface area contributed by atoms with E-state index in [9.17, 15) is 14.9 Å². The molecule has 150 valence electrons. The maximum Gasteiger partial charge on any atom is 0.349 e. The molecule has 0 atom stereocenters. The lowest BCUT2D eigenvalue weighted by molar-refractivity contribution is -0.142. The average Bonchev–Trinajstić information content (AvgIpc) is 2.76. The zero-order valence-corrected chi connectivity index (χ0v) is 16.2. The second kappa shape index (κ2) is 10.4. The van der Waals surface area contributed by atoms with Gasteiger partial charge in [0.15, 0.2) is 6.61 Å². The van der Waals surface area contributed by atoms with Crippen molar-refractivity contribution in [2.75, 3.05) is 33.3 Å². The summed E-state index contributed by atoms with van der Waals surface area (Å²) < 4.78 is 20.3. The van der Waals surface area contributed by atoms with Crippen molar-refractivity contribution >= 4 is 23.6 Å². The quantitative estimate of drug-likeness (QED) is 0.415. The molecule has 8 heteroatoms. The highest BCUT2D eigenvalue weighted by molar-refractivity contribution is 6.00. The summed E-state index contributed by atoms with van der Waals surface area (Å²) in [6.45, 7) is -0.564. The van der Waals surface area contributed by atoms with Crippen LogP contribution in [0.15, 0.2) is 48.0 Å². The number of hydrogen-bond acceptors (Lipinski definition) is 7. The van der Waals surface area contributed by atoms with Crippen LogP contribution in [-0.2, 0) is 14.3 Å². The van der Waals surface area contributed by atoms with Gasteiger partial charge in [-0.2, -0.15) is 5.26 Å². The summed E-state index contributed by atoms with van der Waals surface area (Å²) in [6.07, 6.45) is 1.36. The second-order valence-electron chi connectivity index (χ2n) is 5.64. The largest absolute Gasteiger partial charge is 0.497 e. The van der Waals surface area contributed by atoms with Gasteiger partial charge >= 0.3 is 5.97 Å². The Hall–Kier alpha value is -3.99. The zero-order valence-electron chi connectivity index (χ0n) is 16.2. The molecule has 2 rings (SSSR count). The summed E-state index contributed by atoms with van der Waals surface area (Å²) in [7, 11) is 4.48. The Balaban J connectivity index is 2.01. The van der Waals surface area contributed by atoms with Gasteiger partial charge in [0.05, 0.1) is 27.0 Å². The normalized spacial score (nSPS) is 10.5. The van der Waals surface area contributed by atoms with Gasteiger partial charge in [-0.15, -0.1) is 0 Å². The van der Waals surface area contributed by atoms with E-state index in [0.29, 0.717) is 28.5 Å². The topological polar surface area (TPSA) is 107 Å². The number of carbonyl (C=O) groups is 2. The maximum atomic E-state index is 12.1. The van der Waals surface area contributed by atoms with E-state index >= 15 is 0 Å². The summed E-state index contributed by atoms with van der Waals surface area (Å²) in [6, 6.07) is 13.4. The van der Waals surface area contributed by atoms with Gasteiger partial charge in [0.25, 0.3) is 5.91 Å². The number of amides is 1. The smallest absolute Gasteiger partial charge is 0.349 e. The maximum absolute atomic E-state index is 12.1. The third kappa shape index (κ3) is 6.01. The Bertz CT molecular complexity index is 962.